The van der Waals surface area contributed by atoms with Gasteiger partial charge in [-0.2, -0.15) is 0 Å². The van der Waals surface area contributed by atoms with Gasteiger partial charge in [-0.15, -0.1) is 11.3 Å². The van der Waals surface area contributed by atoms with E-state index in [-0.39, 0.29) is 0 Å². The summed E-state index contributed by atoms with van der Waals surface area (Å²) in [4.78, 5) is 5.98. The van der Waals surface area contributed by atoms with Gasteiger partial charge in [0.2, 0.25) is 0 Å². The number of nitrogens with one attached hydrogen (secondary N) is 1. The molecular weight excluding hydrogens is 252 g/mol. The van der Waals surface area contributed by atoms with Crippen LogP contribution in [-0.2, 0) is 6.42 Å². The van der Waals surface area contributed by atoms with Gasteiger partial charge in [-0.05, 0) is 32.4 Å². The van der Waals surface area contributed by atoms with Gasteiger partial charge >= 0.3 is 0 Å². The summed E-state index contributed by atoms with van der Waals surface area (Å²) in [5.74, 6) is 0.482. The molecule has 2 nitrogen and oxygen atoms in total. The molecule has 1 N–H and O–H groups in total. The fourth-order valence-electron chi connectivity index (χ4n) is 2.33. The lowest BCUT2D eigenvalue weighted by Crippen LogP contribution is -2.32. The van der Waals surface area contributed by atoms with Crippen LogP contribution < -0.4 is 5.32 Å². The van der Waals surface area contributed by atoms with Gasteiger partial charge < -0.3 is 5.32 Å². The predicted molar refractivity (Wildman–Crippen MR) is 83.0 cm³/mol. The van der Waals surface area contributed by atoms with Crippen molar-refractivity contribution in [3.63, 3.8) is 0 Å². The van der Waals surface area contributed by atoms with E-state index in [4.69, 9.17) is 0 Å². The molecule has 0 radical (unpaired) electrons. The van der Waals surface area contributed by atoms with E-state index in [0.717, 1.165) is 6.42 Å². The first-order chi connectivity index (χ1) is 9.11. The van der Waals surface area contributed by atoms with Crippen LogP contribution >= 0.6 is 11.3 Å². The van der Waals surface area contributed by atoms with E-state index in [2.05, 4.69) is 61.4 Å². The normalized spacial score (nSPS) is 14.3. The van der Waals surface area contributed by atoms with Gasteiger partial charge in [-0.1, -0.05) is 37.3 Å². The van der Waals surface area contributed by atoms with Gasteiger partial charge in [0.1, 0.15) is 0 Å². The molecule has 1 aromatic heterocycles. The monoisotopic (exact) mass is 274 g/mol. The van der Waals surface area contributed by atoms with Crippen molar-refractivity contribution in [1.82, 2.24) is 10.3 Å². The second-order valence-electron chi connectivity index (χ2n) is 5.05. The van der Waals surface area contributed by atoms with Crippen molar-refractivity contribution in [3.05, 3.63) is 51.5 Å². The van der Waals surface area contributed by atoms with Crippen molar-refractivity contribution in [2.45, 2.75) is 39.2 Å². The molecule has 19 heavy (non-hydrogen) atoms. The Morgan fingerprint density at radius 2 is 1.89 bits per heavy atom. The third-order valence-corrected chi connectivity index (χ3v) is 4.86. The minimum atomic E-state index is 0.423. The van der Waals surface area contributed by atoms with Crippen LogP contribution in [0.2, 0.25) is 0 Å². The lowest BCUT2D eigenvalue weighted by atomic mass is 9.91. The van der Waals surface area contributed by atoms with Crippen LogP contribution in [-0.4, -0.2) is 18.1 Å². The second-order valence-corrected chi connectivity index (χ2v) is 6.34. The highest BCUT2D eigenvalue weighted by molar-refractivity contribution is 7.11. The molecule has 0 bridgehead atoms. The number of thiazole rings is 1. The smallest absolute Gasteiger partial charge is 0.0946 e. The Morgan fingerprint density at radius 1 is 1.21 bits per heavy atom. The van der Waals surface area contributed by atoms with Crippen LogP contribution in [0.25, 0.3) is 0 Å². The predicted octanol–water partition coefficient (Wildman–Crippen LogP) is 3.69. The van der Waals surface area contributed by atoms with Gasteiger partial charge in [0, 0.05) is 17.3 Å². The van der Waals surface area contributed by atoms with Crippen molar-refractivity contribution in [2.75, 3.05) is 7.05 Å². The summed E-state index contributed by atoms with van der Waals surface area (Å²) in [6.07, 6.45) is 0.992. The quantitative estimate of drug-likeness (QED) is 0.899. The Labute approximate surface area is 119 Å². The molecule has 1 heterocycles. The molecule has 2 aromatic rings. The minimum Gasteiger partial charge on any atom is -0.316 e. The SMILES string of the molecule is CNC(Cc1nc(C)c(C)s1)C(C)c1ccccc1. The molecule has 2 unspecified atom stereocenters. The third-order valence-electron chi connectivity index (χ3n) is 3.77. The first-order valence-corrected chi connectivity index (χ1v) is 7.58. The van der Waals surface area contributed by atoms with E-state index < -0.39 is 0 Å². The zero-order valence-corrected chi connectivity index (χ0v) is 12.9. The van der Waals surface area contributed by atoms with Gasteiger partial charge in [0.25, 0.3) is 0 Å². The van der Waals surface area contributed by atoms with E-state index in [1.807, 2.05) is 18.4 Å². The molecule has 0 aliphatic carbocycles. The number of rotatable bonds is 5. The molecule has 0 amide bonds. The number of aryl methyl sites for hydroxylation is 2. The van der Waals surface area contributed by atoms with E-state index in [0.29, 0.717) is 12.0 Å². The van der Waals surface area contributed by atoms with Crippen molar-refractivity contribution in [1.29, 1.82) is 0 Å². The molecule has 0 aliphatic rings. The highest BCUT2D eigenvalue weighted by Crippen LogP contribution is 2.24. The maximum atomic E-state index is 4.65. The number of benzene rings is 1. The summed E-state index contributed by atoms with van der Waals surface area (Å²) in [6, 6.07) is 11.1. The van der Waals surface area contributed by atoms with Crippen LogP contribution in [0.3, 0.4) is 0 Å². The van der Waals surface area contributed by atoms with Gasteiger partial charge in [-0.25, -0.2) is 4.98 Å². The van der Waals surface area contributed by atoms with E-state index in [1.165, 1.54) is 21.1 Å². The van der Waals surface area contributed by atoms with Gasteiger partial charge in [-0.3, -0.25) is 0 Å². The van der Waals surface area contributed by atoms with E-state index in [1.54, 1.807) is 0 Å². The number of hydrogen-bond donors (Lipinski definition) is 1. The average Bonchev–Trinajstić information content (AvgIpc) is 2.75. The molecule has 0 spiro atoms. The Morgan fingerprint density at radius 3 is 2.42 bits per heavy atom. The third kappa shape index (κ3) is 3.43. The fourth-order valence-corrected chi connectivity index (χ4v) is 3.32. The second kappa shape index (κ2) is 6.31. The zero-order valence-electron chi connectivity index (χ0n) is 12.1. The van der Waals surface area contributed by atoms with Gasteiger partial charge in [0.05, 0.1) is 10.7 Å². The summed E-state index contributed by atoms with van der Waals surface area (Å²) >= 11 is 1.82. The Balaban J connectivity index is 2.12. The van der Waals surface area contributed by atoms with Gasteiger partial charge in [0.15, 0.2) is 0 Å². The number of hydrogen-bond acceptors (Lipinski definition) is 3. The molecule has 0 fully saturated rings. The minimum absolute atomic E-state index is 0.423. The molecule has 0 saturated heterocycles. The van der Waals surface area contributed by atoms with E-state index in [9.17, 15) is 0 Å². The molecule has 1 aromatic carbocycles. The highest BCUT2D eigenvalue weighted by Gasteiger charge is 2.19. The fraction of sp³-hybridized carbons (Fsp3) is 0.438. The summed E-state index contributed by atoms with van der Waals surface area (Å²) < 4.78 is 0. The molecular formula is C16H22N2S. The number of likely N-dealkylation sites (N-methyl/N-ethyl adjacent to an activating group) is 1. The summed E-state index contributed by atoms with van der Waals surface area (Å²) in [6.45, 7) is 6.51. The topological polar surface area (TPSA) is 24.9 Å². The number of nitrogens with zero attached hydrogens (tertiary/aromatic N) is 1. The Bertz CT molecular complexity index is 499. The zero-order chi connectivity index (χ0) is 13.8. The van der Waals surface area contributed by atoms with Crippen LogP contribution in [0.5, 0.6) is 0 Å². The molecule has 2 rings (SSSR count). The van der Waals surface area contributed by atoms with Crippen LogP contribution in [0, 0.1) is 13.8 Å². The van der Waals surface area contributed by atoms with Crippen molar-refractivity contribution < 1.29 is 0 Å². The molecule has 3 heteroatoms. The highest BCUT2D eigenvalue weighted by atomic mass is 32.1. The van der Waals surface area contributed by atoms with Crippen molar-refractivity contribution in [2.24, 2.45) is 0 Å². The Hall–Kier alpha value is -1.19. The summed E-state index contributed by atoms with van der Waals surface area (Å²) in [5, 5.41) is 4.68. The molecule has 102 valence electrons. The summed E-state index contributed by atoms with van der Waals surface area (Å²) in [5.41, 5.74) is 2.55. The maximum absolute atomic E-state index is 4.65. The lowest BCUT2D eigenvalue weighted by molar-refractivity contribution is 0.482. The summed E-state index contributed by atoms with van der Waals surface area (Å²) in [7, 11) is 2.04. The largest absolute Gasteiger partial charge is 0.316 e. The van der Waals surface area contributed by atoms with Crippen LogP contribution in [0.15, 0.2) is 30.3 Å². The van der Waals surface area contributed by atoms with E-state index >= 15 is 0 Å². The van der Waals surface area contributed by atoms with Crippen molar-refractivity contribution >= 4 is 11.3 Å². The number of aromatic nitrogens is 1. The Kier molecular flexibility index (Phi) is 4.72. The van der Waals surface area contributed by atoms with Crippen molar-refractivity contribution in [3.8, 4) is 0 Å². The first-order valence-electron chi connectivity index (χ1n) is 6.77. The molecule has 0 aliphatic heterocycles. The average molecular weight is 274 g/mol. The van der Waals surface area contributed by atoms with Crippen LogP contribution in [0.1, 0.15) is 34.0 Å². The molecule has 2 atom stereocenters. The molecule has 0 saturated carbocycles. The lowest BCUT2D eigenvalue weighted by Gasteiger charge is -2.23. The maximum Gasteiger partial charge on any atom is 0.0946 e. The first kappa shape index (κ1) is 14.2. The van der Waals surface area contributed by atoms with Crippen LogP contribution in [0.4, 0.5) is 0 Å². The standard InChI is InChI=1S/C16H22N2S/c1-11(14-8-6-5-7-9-14)15(17-4)10-16-18-12(2)13(3)19-16/h5-9,11,15,17H,10H2,1-4H3.